The first-order chi connectivity index (χ1) is 13.5. The molecule has 0 saturated carbocycles. The van der Waals surface area contributed by atoms with Crippen LogP contribution in [0.4, 0.5) is 14.9 Å². The van der Waals surface area contributed by atoms with Crippen LogP contribution in [0.25, 0.3) is 0 Å². The van der Waals surface area contributed by atoms with Gasteiger partial charge in [-0.25, -0.2) is 9.18 Å². The molecule has 2 aromatic carbocycles. The number of hydrogen-bond donors (Lipinski definition) is 2. The lowest BCUT2D eigenvalue weighted by atomic mass is 10.1. The van der Waals surface area contributed by atoms with Gasteiger partial charge in [0, 0.05) is 37.7 Å². The van der Waals surface area contributed by atoms with Crippen molar-refractivity contribution in [2.75, 3.05) is 24.6 Å². The fourth-order valence-electron chi connectivity index (χ4n) is 3.14. The fourth-order valence-corrected chi connectivity index (χ4v) is 3.14. The molecule has 1 saturated heterocycles. The highest BCUT2D eigenvalue weighted by molar-refractivity contribution is 5.95. The number of nitrogens with one attached hydrogen (secondary N) is 2. The molecule has 0 aliphatic carbocycles. The third kappa shape index (κ3) is 5.22. The molecule has 0 spiro atoms. The molecular formula is C21H24FN3O3. The van der Waals surface area contributed by atoms with Crippen LogP contribution in [0.2, 0.25) is 0 Å². The van der Waals surface area contributed by atoms with Gasteiger partial charge in [-0.1, -0.05) is 12.1 Å². The molecule has 7 heteroatoms. The Morgan fingerprint density at radius 2 is 1.86 bits per heavy atom. The highest BCUT2D eigenvalue weighted by Crippen LogP contribution is 2.26. The van der Waals surface area contributed by atoms with Crippen LogP contribution in [0, 0.1) is 11.7 Å². The average molecular weight is 385 g/mol. The molecule has 0 bridgehead atoms. The molecule has 1 aliphatic heterocycles. The molecule has 1 fully saturated rings. The highest BCUT2D eigenvalue weighted by atomic mass is 19.1. The van der Waals surface area contributed by atoms with Crippen molar-refractivity contribution in [2.24, 2.45) is 5.92 Å². The smallest absolute Gasteiger partial charge is 0.315 e. The van der Waals surface area contributed by atoms with Gasteiger partial charge in [0.2, 0.25) is 5.91 Å². The molecule has 148 valence electrons. The van der Waals surface area contributed by atoms with Gasteiger partial charge in [-0.15, -0.1) is 0 Å². The number of rotatable bonds is 7. The van der Waals surface area contributed by atoms with E-state index in [9.17, 15) is 14.0 Å². The van der Waals surface area contributed by atoms with Gasteiger partial charge in [0.05, 0.1) is 6.61 Å². The maximum absolute atomic E-state index is 12.9. The minimum atomic E-state index is -0.309. The van der Waals surface area contributed by atoms with Crippen LogP contribution in [-0.2, 0) is 11.3 Å². The Balaban J connectivity index is 1.44. The van der Waals surface area contributed by atoms with E-state index in [1.165, 1.54) is 12.1 Å². The van der Waals surface area contributed by atoms with E-state index in [0.717, 1.165) is 17.0 Å². The first-order valence-corrected chi connectivity index (χ1v) is 9.34. The first kappa shape index (κ1) is 19.7. The van der Waals surface area contributed by atoms with Gasteiger partial charge < -0.3 is 20.3 Å². The summed E-state index contributed by atoms with van der Waals surface area (Å²) in [5, 5.41) is 5.53. The number of ether oxygens (including phenoxy) is 1. The lowest BCUT2D eigenvalue weighted by molar-refractivity contribution is -0.117. The summed E-state index contributed by atoms with van der Waals surface area (Å²) in [6.45, 7) is 3.80. The lowest BCUT2D eigenvalue weighted by Gasteiger charge is -2.17. The summed E-state index contributed by atoms with van der Waals surface area (Å²) in [5.41, 5.74) is 1.64. The van der Waals surface area contributed by atoms with Gasteiger partial charge in [-0.05, 0) is 48.9 Å². The van der Waals surface area contributed by atoms with Crippen molar-refractivity contribution >= 4 is 17.6 Å². The number of hydrogen-bond acceptors (Lipinski definition) is 3. The highest BCUT2D eigenvalue weighted by Gasteiger charge is 2.30. The minimum absolute atomic E-state index is 0.0441. The summed E-state index contributed by atoms with van der Waals surface area (Å²) in [5.74, 6) is 0.559. The van der Waals surface area contributed by atoms with E-state index in [0.29, 0.717) is 32.7 Å². The average Bonchev–Trinajstić information content (AvgIpc) is 3.07. The van der Waals surface area contributed by atoms with E-state index in [1.54, 1.807) is 17.0 Å². The van der Waals surface area contributed by atoms with Crippen LogP contribution in [0.1, 0.15) is 18.9 Å². The Hall–Kier alpha value is -3.09. The molecule has 2 N–H and O–H groups in total. The van der Waals surface area contributed by atoms with Crippen LogP contribution in [0.3, 0.4) is 0 Å². The van der Waals surface area contributed by atoms with Gasteiger partial charge in [0.1, 0.15) is 11.6 Å². The SMILES string of the molecule is CCOc1ccc(N2CC(CNC(=O)NCc3ccc(F)cc3)CC2=O)cc1. The molecule has 1 aliphatic rings. The Labute approximate surface area is 163 Å². The Morgan fingerprint density at radius 1 is 1.14 bits per heavy atom. The van der Waals surface area contributed by atoms with Crippen molar-refractivity contribution in [1.82, 2.24) is 10.6 Å². The standard InChI is InChI=1S/C21H24FN3O3/c1-2-28-19-9-7-18(8-10-19)25-14-16(11-20(25)26)13-24-21(27)23-12-15-3-5-17(22)6-4-15/h3-10,16H,2,11-14H2,1H3,(H2,23,24,27). The summed E-state index contributed by atoms with van der Waals surface area (Å²) < 4.78 is 18.3. The molecule has 0 radical (unpaired) electrons. The number of carbonyl (C=O) groups excluding carboxylic acids is 2. The number of urea groups is 1. The molecule has 1 atom stereocenters. The quantitative estimate of drug-likeness (QED) is 0.770. The zero-order chi connectivity index (χ0) is 19.9. The van der Waals surface area contributed by atoms with Crippen LogP contribution in [-0.4, -0.2) is 31.6 Å². The van der Waals surface area contributed by atoms with Gasteiger partial charge in [0.25, 0.3) is 0 Å². The third-order valence-corrected chi connectivity index (χ3v) is 4.58. The maximum atomic E-state index is 12.9. The molecule has 1 heterocycles. The van der Waals surface area contributed by atoms with Crippen molar-refractivity contribution in [2.45, 2.75) is 19.9 Å². The summed E-state index contributed by atoms with van der Waals surface area (Å²) >= 11 is 0. The number of benzene rings is 2. The van der Waals surface area contributed by atoms with E-state index >= 15 is 0 Å². The summed E-state index contributed by atoms with van der Waals surface area (Å²) in [6.07, 6.45) is 0.394. The van der Waals surface area contributed by atoms with E-state index in [2.05, 4.69) is 10.6 Å². The molecule has 3 rings (SSSR count). The summed E-state index contributed by atoms with van der Waals surface area (Å²) in [6, 6.07) is 13.1. The largest absolute Gasteiger partial charge is 0.494 e. The zero-order valence-corrected chi connectivity index (χ0v) is 15.8. The van der Waals surface area contributed by atoms with E-state index in [1.807, 2.05) is 31.2 Å². The molecule has 0 aromatic heterocycles. The van der Waals surface area contributed by atoms with Crippen LogP contribution in [0.15, 0.2) is 48.5 Å². The number of halogens is 1. The molecule has 28 heavy (non-hydrogen) atoms. The van der Waals surface area contributed by atoms with Crippen LogP contribution >= 0.6 is 0 Å². The molecule has 1 unspecified atom stereocenters. The monoisotopic (exact) mass is 385 g/mol. The van der Waals surface area contributed by atoms with Crippen molar-refractivity contribution in [1.29, 1.82) is 0 Å². The normalized spacial score (nSPS) is 16.1. The molecule has 6 nitrogen and oxygen atoms in total. The second kappa shape index (κ2) is 9.21. The molecule has 3 amide bonds. The zero-order valence-electron chi connectivity index (χ0n) is 15.8. The van der Waals surface area contributed by atoms with Crippen molar-refractivity contribution in [3.63, 3.8) is 0 Å². The van der Waals surface area contributed by atoms with Crippen LogP contribution < -0.4 is 20.3 Å². The second-order valence-electron chi connectivity index (χ2n) is 6.69. The topological polar surface area (TPSA) is 70.7 Å². The lowest BCUT2D eigenvalue weighted by Crippen LogP contribution is -2.38. The summed E-state index contributed by atoms with van der Waals surface area (Å²) in [7, 11) is 0. The second-order valence-corrected chi connectivity index (χ2v) is 6.69. The number of amides is 3. The van der Waals surface area contributed by atoms with E-state index < -0.39 is 0 Å². The number of nitrogens with zero attached hydrogens (tertiary/aromatic N) is 1. The number of anilines is 1. The van der Waals surface area contributed by atoms with Crippen molar-refractivity contribution in [3.8, 4) is 5.75 Å². The van der Waals surface area contributed by atoms with Gasteiger partial charge >= 0.3 is 6.03 Å². The van der Waals surface area contributed by atoms with Crippen molar-refractivity contribution in [3.05, 3.63) is 59.9 Å². The fraction of sp³-hybridized carbons (Fsp3) is 0.333. The summed E-state index contributed by atoms with van der Waals surface area (Å²) in [4.78, 5) is 26.0. The predicted molar refractivity (Wildman–Crippen MR) is 105 cm³/mol. The molecule has 2 aromatic rings. The van der Waals surface area contributed by atoms with Gasteiger partial charge in [0.15, 0.2) is 0 Å². The Kier molecular flexibility index (Phi) is 6.47. The minimum Gasteiger partial charge on any atom is -0.494 e. The van der Waals surface area contributed by atoms with E-state index in [-0.39, 0.29) is 23.7 Å². The number of carbonyl (C=O) groups is 2. The Morgan fingerprint density at radius 3 is 2.54 bits per heavy atom. The van der Waals surface area contributed by atoms with Crippen molar-refractivity contribution < 1.29 is 18.7 Å². The maximum Gasteiger partial charge on any atom is 0.315 e. The Bertz CT molecular complexity index is 809. The predicted octanol–water partition coefficient (Wildman–Crippen LogP) is 3.08. The van der Waals surface area contributed by atoms with E-state index in [4.69, 9.17) is 4.74 Å². The first-order valence-electron chi connectivity index (χ1n) is 9.34. The van der Waals surface area contributed by atoms with Crippen LogP contribution in [0.5, 0.6) is 5.75 Å². The third-order valence-electron chi connectivity index (χ3n) is 4.58. The van der Waals surface area contributed by atoms with Gasteiger partial charge in [-0.3, -0.25) is 4.79 Å². The van der Waals surface area contributed by atoms with Gasteiger partial charge in [-0.2, -0.15) is 0 Å². The molecular weight excluding hydrogens is 361 g/mol.